The molecule has 1 saturated heterocycles. The van der Waals surface area contributed by atoms with Crippen LogP contribution < -0.4 is 5.73 Å². The summed E-state index contributed by atoms with van der Waals surface area (Å²) in [4.78, 5) is 14.0. The maximum atomic E-state index is 12.4. The molecule has 1 aliphatic heterocycles. The molecule has 1 aromatic heterocycles. The standard InChI is InChI=1S/C17H20N6O.ClH/c1-22-11-16(20-21-22)13-6-4-12(5-7-13)9-15(19)17(24)23-8-2-3-14(23)10-18;/h4-7,11,14-15H,2-3,8-9,19H2,1H3;1H/t14-,15-;/m0./s1. The maximum Gasteiger partial charge on any atom is 0.240 e. The van der Waals surface area contributed by atoms with Crippen LogP contribution in [0.25, 0.3) is 11.3 Å². The van der Waals surface area contributed by atoms with Crippen molar-refractivity contribution in [1.82, 2.24) is 19.9 Å². The summed E-state index contributed by atoms with van der Waals surface area (Å²) in [5, 5.41) is 17.1. The molecule has 0 aliphatic carbocycles. The third kappa shape index (κ3) is 4.16. The van der Waals surface area contributed by atoms with Crippen LogP contribution in [0.1, 0.15) is 18.4 Å². The number of hydrogen-bond donors (Lipinski definition) is 1. The van der Waals surface area contributed by atoms with Crippen LogP contribution >= 0.6 is 12.4 Å². The second kappa shape index (κ2) is 8.10. The largest absolute Gasteiger partial charge is 0.325 e. The van der Waals surface area contributed by atoms with Gasteiger partial charge in [0.1, 0.15) is 11.7 Å². The average Bonchev–Trinajstić information content (AvgIpc) is 3.23. The summed E-state index contributed by atoms with van der Waals surface area (Å²) in [6.45, 7) is 0.621. The molecule has 0 saturated carbocycles. The first-order valence-corrected chi connectivity index (χ1v) is 8.00. The third-order valence-corrected chi connectivity index (χ3v) is 4.31. The fourth-order valence-corrected chi connectivity index (χ4v) is 3.01. The van der Waals surface area contributed by atoms with E-state index in [0.717, 1.165) is 29.7 Å². The minimum Gasteiger partial charge on any atom is -0.325 e. The molecule has 2 atom stereocenters. The Hall–Kier alpha value is -2.43. The highest BCUT2D eigenvalue weighted by atomic mass is 35.5. The Morgan fingerprint density at radius 1 is 1.44 bits per heavy atom. The monoisotopic (exact) mass is 360 g/mol. The number of halogens is 1. The molecule has 3 rings (SSSR count). The SMILES string of the molecule is Cl.Cn1cc(-c2ccc(C[C@H](N)C(=O)N3CCC[C@H]3C#N)cc2)nn1. The van der Waals surface area contributed by atoms with Gasteiger partial charge in [0.15, 0.2) is 0 Å². The van der Waals surface area contributed by atoms with Crippen LogP contribution in [-0.4, -0.2) is 44.4 Å². The molecule has 2 aromatic rings. The second-order valence-electron chi connectivity index (χ2n) is 6.10. The van der Waals surface area contributed by atoms with Gasteiger partial charge in [0.2, 0.25) is 5.91 Å². The fraction of sp³-hybridized carbons (Fsp3) is 0.412. The van der Waals surface area contributed by atoms with Crippen LogP contribution in [0.2, 0.25) is 0 Å². The van der Waals surface area contributed by atoms with E-state index in [1.807, 2.05) is 37.5 Å². The predicted molar refractivity (Wildman–Crippen MR) is 95.7 cm³/mol. The predicted octanol–water partition coefficient (Wildman–Crippen LogP) is 1.29. The van der Waals surface area contributed by atoms with Crippen molar-refractivity contribution in [3.05, 3.63) is 36.0 Å². The number of aromatic nitrogens is 3. The Bertz CT molecular complexity index is 766. The van der Waals surface area contributed by atoms with Crippen molar-refractivity contribution in [2.75, 3.05) is 6.54 Å². The molecule has 1 amide bonds. The van der Waals surface area contributed by atoms with E-state index in [1.54, 1.807) is 9.58 Å². The number of nitrogens with zero attached hydrogens (tertiary/aromatic N) is 5. The summed E-state index contributed by atoms with van der Waals surface area (Å²) in [6, 6.07) is 9.01. The number of nitriles is 1. The number of carbonyl (C=O) groups excluding carboxylic acids is 1. The van der Waals surface area contributed by atoms with Crippen molar-refractivity contribution < 1.29 is 4.79 Å². The zero-order valence-corrected chi connectivity index (χ0v) is 14.8. The van der Waals surface area contributed by atoms with Crippen LogP contribution in [0.4, 0.5) is 0 Å². The molecule has 1 aliphatic rings. The maximum absolute atomic E-state index is 12.4. The van der Waals surface area contributed by atoms with Gasteiger partial charge in [0, 0.05) is 19.2 Å². The smallest absolute Gasteiger partial charge is 0.240 e. The van der Waals surface area contributed by atoms with E-state index in [2.05, 4.69) is 16.4 Å². The van der Waals surface area contributed by atoms with E-state index in [4.69, 9.17) is 11.0 Å². The number of carbonyl (C=O) groups is 1. The minimum atomic E-state index is -0.624. The van der Waals surface area contributed by atoms with Gasteiger partial charge in [0.25, 0.3) is 0 Å². The molecule has 8 heteroatoms. The van der Waals surface area contributed by atoms with Crippen molar-refractivity contribution in [2.45, 2.75) is 31.3 Å². The van der Waals surface area contributed by atoms with Crippen LogP contribution in [0.15, 0.2) is 30.5 Å². The molecule has 1 aromatic carbocycles. The van der Waals surface area contributed by atoms with Crippen molar-refractivity contribution in [3.63, 3.8) is 0 Å². The summed E-state index contributed by atoms with van der Waals surface area (Å²) in [5.74, 6) is -0.142. The molecule has 0 unspecified atom stereocenters. The van der Waals surface area contributed by atoms with Crippen LogP contribution in [0.3, 0.4) is 0 Å². The number of likely N-dealkylation sites (tertiary alicyclic amines) is 1. The Labute approximate surface area is 152 Å². The van der Waals surface area contributed by atoms with Crippen molar-refractivity contribution in [1.29, 1.82) is 5.26 Å². The van der Waals surface area contributed by atoms with E-state index < -0.39 is 6.04 Å². The van der Waals surface area contributed by atoms with Crippen molar-refractivity contribution in [3.8, 4) is 17.3 Å². The van der Waals surface area contributed by atoms with Crippen LogP contribution in [0, 0.1) is 11.3 Å². The Balaban J connectivity index is 0.00000225. The first kappa shape index (κ1) is 18.9. The fourth-order valence-electron chi connectivity index (χ4n) is 3.01. The van der Waals surface area contributed by atoms with Gasteiger partial charge in [-0.25, -0.2) is 0 Å². The highest BCUT2D eigenvalue weighted by molar-refractivity contribution is 5.85. The van der Waals surface area contributed by atoms with E-state index in [9.17, 15) is 4.79 Å². The Morgan fingerprint density at radius 2 is 2.16 bits per heavy atom. The highest BCUT2D eigenvalue weighted by Crippen LogP contribution is 2.20. The normalized spacial score (nSPS) is 17.6. The molecule has 132 valence electrons. The van der Waals surface area contributed by atoms with Gasteiger partial charge in [0.05, 0.1) is 18.3 Å². The molecule has 7 nitrogen and oxygen atoms in total. The summed E-state index contributed by atoms with van der Waals surface area (Å²) in [7, 11) is 1.82. The van der Waals surface area contributed by atoms with Gasteiger partial charge >= 0.3 is 0 Å². The molecule has 25 heavy (non-hydrogen) atoms. The number of benzene rings is 1. The van der Waals surface area contributed by atoms with Gasteiger partial charge in [-0.1, -0.05) is 29.5 Å². The highest BCUT2D eigenvalue weighted by Gasteiger charge is 2.31. The molecular weight excluding hydrogens is 340 g/mol. The molecule has 0 spiro atoms. The molecular formula is C17H21ClN6O. The number of aryl methyl sites for hydroxylation is 1. The van der Waals surface area contributed by atoms with E-state index in [1.165, 1.54) is 0 Å². The van der Waals surface area contributed by atoms with Gasteiger partial charge in [-0.2, -0.15) is 5.26 Å². The van der Waals surface area contributed by atoms with E-state index in [0.29, 0.717) is 13.0 Å². The zero-order valence-electron chi connectivity index (χ0n) is 14.0. The lowest BCUT2D eigenvalue weighted by Gasteiger charge is -2.23. The van der Waals surface area contributed by atoms with Crippen molar-refractivity contribution >= 4 is 18.3 Å². The first-order chi connectivity index (χ1) is 11.6. The van der Waals surface area contributed by atoms with Crippen LogP contribution in [0.5, 0.6) is 0 Å². The van der Waals surface area contributed by atoms with Gasteiger partial charge < -0.3 is 10.6 Å². The van der Waals surface area contributed by atoms with Crippen molar-refractivity contribution in [2.24, 2.45) is 12.8 Å². The summed E-state index contributed by atoms with van der Waals surface area (Å²) in [5.41, 5.74) is 8.83. The van der Waals surface area contributed by atoms with Gasteiger partial charge in [-0.3, -0.25) is 9.48 Å². The number of hydrogen-bond acceptors (Lipinski definition) is 5. The average molecular weight is 361 g/mol. The van der Waals surface area contributed by atoms with Gasteiger partial charge in [-0.05, 0) is 24.8 Å². The lowest BCUT2D eigenvalue weighted by atomic mass is 10.0. The number of rotatable bonds is 4. The molecule has 2 N–H and O–H groups in total. The third-order valence-electron chi connectivity index (χ3n) is 4.31. The minimum absolute atomic E-state index is 0. The second-order valence-corrected chi connectivity index (χ2v) is 6.10. The van der Waals surface area contributed by atoms with E-state index in [-0.39, 0.29) is 24.4 Å². The number of nitrogens with two attached hydrogens (primary N) is 1. The molecule has 2 heterocycles. The van der Waals surface area contributed by atoms with E-state index >= 15 is 0 Å². The summed E-state index contributed by atoms with van der Waals surface area (Å²) in [6.07, 6.45) is 3.90. The zero-order chi connectivity index (χ0) is 17.1. The summed E-state index contributed by atoms with van der Waals surface area (Å²) < 4.78 is 1.65. The Kier molecular flexibility index (Phi) is 6.12. The molecule has 0 bridgehead atoms. The molecule has 1 fully saturated rings. The molecule has 0 radical (unpaired) electrons. The summed E-state index contributed by atoms with van der Waals surface area (Å²) >= 11 is 0. The lowest BCUT2D eigenvalue weighted by Crippen LogP contribution is -2.46. The number of amides is 1. The topological polar surface area (TPSA) is 101 Å². The first-order valence-electron chi connectivity index (χ1n) is 8.00. The quantitative estimate of drug-likeness (QED) is 0.885. The lowest BCUT2D eigenvalue weighted by molar-refractivity contribution is -0.132. The van der Waals surface area contributed by atoms with Gasteiger partial charge in [-0.15, -0.1) is 17.5 Å². The Morgan fingerprint density at radius 3 is 2.76 bits per heavy atom. The van der Waals surface area contributed by atoms with Crippen LogP contribution in [-0.2, 0) is 18.3 Å².